The lowest BCUT2D eigenvalue weighted by Crippen LogP contribution is -2.01. The van der Waals surface area contributed by atoms with Gasteiger partial charge in [0.15, 0.2) is 16.6 Å². The maximum absolute atomic E-state index is 6.34. The summed E-state index contributed by atoms with van der Waals surface area (Å²) in [6.07, 6.45) is 0. The molecule has 20 heavy (non-hydrogen) atoms. The van der Waals surface area contributed by atoms with Gasteiger partial charge in [-0.3, -0.25) is 4.40 Å². The maximum Gasteiger partial charge on any atom is 0.199 e. The minimum Gasteiger partial charge on any atom is -0.275 e. The van der Waals surface area contributed by atoms with Crippen LogP contribution in [0.4, 0.5) is 0 Å². The predicted octanol–water partition coefficient (Wildman–Crippen LogP) is 4.48. The Morgan fingerprint density at radius 3 is 2.65 bits per heavy atom. The highest BCUT2D eigenvalue weighted by Crippen LogP contribution is 2.34. The fraction of sp³-hybridized carbons (Fsp3) is 0.154. The molecule has 4 nitrogen and oxygen atoms in total. The second kappa shape index (κ2) is 4.98. The molecular weight excluding hydrogens is 363 g/mol. The lowest BCUT2D eigenvalue weighted by Gasteiger charge is -2.08. The number of halogens is 3. The highest BCUT2D eigenvalue weighted by molar-refractivity contribution is 9.10. The minimum absolute atomic E-state index is 0.331. The number of hydrogen-bond acceptors (Lipinski definition) is 3. The number of aryl methyl sites for hydroxylation is 2. The molecule has 0 radical (unpaired) electrons. The molecule has 1 aromatic carbocycles. The molecule has 0 saturated heterocycles. The first kappa shape index (κ1) is 13.8. The van der Waals surface area contributed by atoms with E-state index in [1.807, 2.05) is 36.4 Å². The van der Waals surface area contributed by atoms with Crippen molar-refractivity contribution in [1.82, 2.24) is 19.6 Å². The molecule has 2 heterocycles. The molecule has 0 unspecified atom stereocenters. The Morgan fingerprint density at radius 1 is 1.15 bits per heavy atom. The zero-order chi connectivity index (χ0) is 14.4. The molecule has 0 aliphatic rings. The van der Waals surface area contributed by atoms with E-state index in [1.165, 1.54) is 0 Å². The van der Waals surface area contributed by atoms with Crippen LogP contribution in [0.1, 0.15) is 11.4 Å². The van der Waals surface area contributed by atoms with Crippen molar-refractivity contribution in [2.45, 2.75) is 13.8 Å². The van der Waals surface area contributed by atoms with Gasteiger partial charge in [0.25, 0.3) is 0 Å². The average Bonchev–Trinajstić information content (AvgIpc) is 2.84. The second-order valence-electron chi connectivity index (χ2n) is 4.36. The van der Waals surface area contributed by atoms with Crippen molar-refractivity contribution in [2.75, 3.05) is 0 Å². The van der Waals surface area contributed by atoms with Crippen molar-refractivity contribution < 1.29 is 0 Å². The molecule has 7 heteroatoms. The van der Waals surface area contributed by atoms with Gasteiger partial charge in [0, 0.05) is 15.7 Å². The number of hydrogen-bond donors (Lipinski definition) is 0. The van der Waals surface area contributed by atoms with Crippen molar-refractivity contribution in [3.63, 3.8) is 0 Å². The first-order chi connectivity index (χ1) is 9.50. The highest BCUT2D eigenvalue weighted by Gasteiger charge is 2.18. The molecule has 0 fully saturated rings. The minimum atomic E-state index is 0.331. The molecular formula is C13H9BrCl2N4. The molecule has 102 valence electrons. The van der Waals surface area contributed by atoms with Gasteiger partial charge >= 0.3 is 0 Å². The Bertz CT molecular complexity index is 829. The van der Waals surface area contributed by atoms with E-state index < -0.39 is 0 Å². The van der Waals surface area contributed by atoms with Crippen LogP contribution in [0.5, 0.6) is 0 Å². The second-order valence-corrected chi connectivity index (χ2v) is 5.95. The average molecular weight is 372 g/mol. The molecule has 3 rings (SSSR count). The van der Waals surface area contributed by atoms with Crippen LogP contribution in [0.2, 0.25) is 10.2 Å². The van der Waals surface area contributed by atoms with Gasteiger partial charge in [-0.15, -0.1) is 10.2 Å². The molecule has 0 N–H and O–H groups in total. The SMILES string of the molecule is Cc1nc(Cl)c2nnc(-c3cccc(Br)c3Cl)n2c1C. The predicted molar refractivity (Wildman–Crippen MR) is 83.4 cm³/mol. The van der Waals surface area contributed by atoms with Crippen LogP contribution in [0.3, 0.4) is 0 Å². The van der Waals surface area contributed by atoms with E-state index in [4.69, 9.17) is 23.2 Å². The van der Waals surface area contributed by atoms with E-state index >= 15 is 0 Å². The van der Waals surface area contributed by atoms with E-state index in [1.54, 1.807) is 0 Å². The Balaban J connectivity index is 2.41. The van der Waals surface area contributed by atoms with Crippen molar-refractivity contribution >= 4 is 44.8 Å². The molecule has 0 amide bonds. The maximum atomic E-state index is 6.34. The quantitative estimate of drug-likeness (QED) is 0.633. The summed E-state index contributed by atoms with van der Waals surface area (Å²) in [5.41, 5.74) is 3.08. The summed E-state index contributed by atoms with van der Waals surface area (Å²) in [5.74, 6) is 0.649. The first-order valence-corrected chi connectivity index (χ1v) is 7.38. The van der Waals surface area contributed by atoms with Gasteiger partial charge in [-0.25, -0.2) is 4.98 Å². The Kier molecular flexibility index (Phi) is 3.44. The smallest absolute Gasteiger partial charge is 0.199 e. The summed E-state index contributed by atoms with van der Waals surface area (Å²) in [5, 5.41) is 9.25. The standard InChI is InChI=1S/C13H9BrCl2N4/c1-6-7(2)20-12(18-19-13(20)11(16)17-6)8-4-3-5-9(14)10(8)15/h3-5H,1-2H3. The van der Waals surface area contributed by atoms with E-state index in [0.29, 0.717) is 21.6 Å². The molecule has 0 spiro atoms. The number of nitrogens with zero attached hydrogens (tertiary/aromatic N) is 4. The zero-order valence-corrected chi connectivity index (χ0v) is 13.8. The third-order valence-electron chi connectivity index (χ3n) is 3.16. The van der Waals surface area contributed by atoms with Gasteiger partial charge in [0.05, 0.1) is 10.7 Å². The van der Waals surface area contributed by atoms with Gasteiger partial charge in [-0.1, -0.05) is 29.3 Å². The normalized spacial score (nSPS) is 11.2. The Labute approximate surface area is 133 Å². The zero-order valence-electron chi connectivity index (χ0n) is 10.7. The molecule has 0 aliphatic carbocycles. The molecule has 0 atom stereocenters. The van der Waals surface area contributed by atoms with Gasteiger partial charge in [-0.05, 0) is 41.9 Å². The number of fused-ring (bicyclic) bond motifs is 1. The summed E-state index contributed by atoms with van der Waals surface area (Å²) in [4.78, 5) is 4.25. The summed E-state index contributed by atoms with van der Waals surface area (Å²) in [6, 6.07) is 5.67. The summed E-state index contributed by atoms with van der Waals surface area (Å²) >= 11 is 15.9. The lowest BCUT2D eigenvalue weighted by atomic mass is 10.2. The number of aromatic nitrogens is 4. The van der Waals surface area contributed by atoms with Gasteiger partial charge in [-0.2, -0.15) is 0 Å². The monoisotopic (exact) mass is 370 g/mol. The van der Waals surface area contributed by atoms with Crippen LogP contribution in [-0.2, 0) is 0 Å². The van der Waals surface area contributed by atoms with Gasteiger partial charge in [0.1, 0.15) is 0 Å². The number of benzene rings is 1. The molecule has 0 aliphatic heterocycles. The van der Waals surface area contributed by atoms with E-state index in [-0.39, 0.29) is 0 Å². The van der Waals surface area contributed by atoms with Crippen LogP contribution in [-0.4, -0.2) is 19.6 Å². The molecule has 0 saturated carbocycles. The van der Waals surface area contributed by atoms with Crippen molar-refractivity contribution in [3.05, 3.63) is 44.2 Å². The van der Waals surface area contributed by atoms with Crippen LogP contribution in [0.25, 0.3) is 17.0 Å². The fourth-order valence-corrected chi connectivity index (χ4v) is 2.85. The Hall–Kier alpha value is -1.17. The summed E-state index contributed by atoms with van der Waals surface area (Å²) in [6.45, 7) is 3.84. The van der Waals surface area contributed by atoms with E-state index in [9.17, 15) is 0 Å². The van der Waals surface area contributed by atoms with E-state index in [0.717, 1.165) is 21.4 Å². The summed E-state index contributed by atoms with van der Waals surface area (Å²) < 4.78 is 2.68. The first-order valence-electron chi connectivity index (χ1n) is 5.83. The Morgan fingerprint density at radius 2 is 1.90 bits per heavy atom. The van der Waals surface area contributed by atoms with Crippen molar-refractivity contribution in [1.29, 1.82) is 0 Å². The van der Waals surface area contributed by atoms with Crippen LogP contribution < -0.4 is 0 Å². The highest BCUT2D eigenvalue weighted by atomic mass is 79.9. The van der Waals surface area contributed by atoms with E-state index in [2.05, 4.69) is 31.1 Å². The molecule has 3 aromatic rings. The third kappa shape index (κ3) is 2.01. The fourth-order valence-electron chi connectivity index (χ4n) is 2.03. The van der Waals surface area contributed by atoms with Gasteiger partial charge in [0.2, 0.25) is 0 Å². The topological polar surface area (TPSA) is 43.1 Å². The molecule has 0 bridgehead atoms. The number of rotatable bonds is 1. The largest absolute Gasteiger partial charge is 0.275 e. The van der Waals surface area contributed by atoms with Crippen LogP contribution in [0, 0.1) is 13.8 Å². The van der Waals surface area contributed by atoms with Gasteiger partial charge < -0.3 is 0 Å². The summed E-state index contributed by atoms with van der Waals surface area (Å²) in [7, 11) is 0. The lowest BCUT2D eigenvalue weighted by molar-refractivity contribution is 1.000. The van der Waals surface area contributed by atoms with Crippen LogP contribution >= 0.6 is 39.1 Å². The van der Waals surface area contributed by atoms with Crippen molar-refractivity contribution in [2.24, 2.45) is 0 Å². The van der Waals surface area contributed by atoms with Crippen molar-refractivity contribution in [3.8, 4) is 11.4 Å². The van der Waals surface area contributed by atoms with Crippen LogP contribution in [0.15, 0.2) is 22.7 Å². The third-order valence-corrected chi connectivity index (χ3v) is 4.71. The molecule has 2 aromatic heterocycles.